The van der Waals surface area contributed by atoms with Gasteiger partial charge in [-0.2, -0.15) is 0 Å². The van der Waals surface area contributed by atoms with Crippen LogP contribution in [-0.4, -0.2) is 28.2 Å². The minimum atomic E-state index is -0.897. The van der Waals surface area contributed by atoms with Crippen LogP contribution in [0.2, 0.25) is 0 Å². The van der Waals surface area contributed by atoms with Gasteiger partial charge in [0.25, 0.3) is 0 Å². The number of rotatable bonds is 5. The summed E-state index contributed by atoms with van der Waals surface area (Å²) >= 11 is 0. The molecule has 5 nitrogen and oxygen atoms in total. The third-order valence-corrected chi connectivity index (χ3v) is 3.03. The summed E-state index contributed by atoms with van der Waals surface area (Å²) in [5, 5.41) is 9.41. The minimum absolute atomic E-state index is 0.364. The van der Waals surface area contributed by atoms with Crippen molar-refractivity contribution in [1.29, 1.82) is 0 Å². The number of ether oxygens (including phenoxy) is 1. The van der Waals surface area contributed by atoms with Gasteiger partial charge in [0, 0.05) is 6.20 Å². The van der Waals surface area contributed by atoms with Crippen LogP contribution in [0.25, 0.3) is 0 Å². The van der Waals surface area contributed by atoms with Crippen molar-refractivity contribution in [3.05, 3.63) is 53.6 Å². The molecule has 1 heterocycles. The first kappa shape index (κ1) is 14.0. The predicted octanol–water partition coefficient (Wildman–Crippen LogP) is 2.20. The summed E-state index contributed by atoms with van der Waals surface area (Å²) < 4.78 is 5.15. The Morgan fingerprint density at radius 1 is 1.40 bits per heavy atom. The third-order valence-electron chi connectivity index (χ3n) is 3.03. The molecule has 0 aliphatic rings. The highest BCUT2D eigenvalue weighted by Gasteiger charge is 2.22. The lowest BCUT2D eigenvalue weighted by molar-refractivity contribution is -0.138. The molecule has 0 aliphatic heterocycles. The van der Waals surface area contributed by atoms with E-state index in [-0.39, 0.29) is 0 Å². The quantitative estimate of drug-likeness (QED) is 0.903. The van der Waals surface area contributed by atoms with Crippen LogP contribution in [0, 0.1) is 6.92 Å². The Kier molecular flexibility index (Phi) is 4.30. The number of benzene rings is 1. The van der Waals surface area contributed by atoms with E-state index >= 15 is 0 Å². The molecule has 0 radical (unpaired) electrons. The van der Waals surface area contributed by atoms with Crippen molar-refractivity contribution in [2.75, 3.05) is 7.11 Å². The Labute approximate surface area is 117 Å². The van der Waals surface area contributed by atoms with Crippen molar-refractivity contribution in [1.82, 2.24) is 9.97 Å². The second-order valence-corrected chi connectivity index (χ2v) is 4.48. The average molecular weight is 272 g/mol. The fourth-order valence-electron chi connectivity index (χ4n) is 2.02. The Hall–Kier alpha value is -2.43. The monoisotopic (exact) mass is 272 g/mol. The van der Waals surface area contributed by atoms with Crippen molar-refractivity contribution in [2.45, 2.75) is 19.3 Å². The van der Waals surface area contributed by atoms with Gasteiger partial charge in [-0.1, -0.05) is 12.1 Å². The number of hydrogen-bond donors (Lipinski definition) is 1. The van der Waals surface area contributed by atoms with Gasteiger partial charge in [-0.25, -0.2) is 9.97 Å². The molecule has 0 spiro atoms. The number of carbonyl (C=O) groups is 1. The summed E-state index contributed by atoms with van der Waals surface area (Å²) in [4.78, 5) is 19.7. The van der Waals surface area contributed by atoms with Crippen LogP contribution in [-0.2, 0) is 11.2 Å². The molecular formula is C15H16N2O3. The molecule has 0 fully saturated rings. The van der Waals surface area contributed by atoms with Gasteiger partial charge in [0.2, 0.25) is 0 Å². The second kappa shape index (κ2) is 6.14. The van der Waals surface area contributed by atoms with Crippen molar-refractivity contribution in [2.24, 2.45) is 0 Å². The van der Waals surface area contributed by atoms with E-state index in [2.05, 4.69) is 9.97 Å². The molecule has 1 aromatic heterocycles. The Morgan fingerprint density at radius 3 is 2.85 bits per heavy atom. The number of methoxy groups -OCH3 is 1. The molecule has 1 atom stereocenters. The summed E-state index contributed by atoms with van der Waals surface area (Å²) in [6, 6.07) is 9.04. The van der Waals surface area contributed by atoms with Crippen LogP contribution in [0.4, 0.5) is 0 Å². The molecule has 1 unspecified atom stereocenters. The summed E-state index contributed by atoms with van der Waals surface area (Å²) in [5.41, 5.74) is 1.42. The normalized spacial score (nSPS) is 11.9. The van der Waals surface area contributed by atoms with Crippen LogP contribution >= 0.6 is 0 Å². The maximum atomic E-state index is 11.5. The van der Waals surface area contributed by atoms with Crippen LogP contribution < -0.4 is 4.74 Å². The lowest BCUT2D eigenvalue weighted by Crippen LogP contribution is -2.16. The molecule has 0 saturated heterocycles. The Bertz CT molecular complexity index is 614. The number of aryl methyl sites for hydroxylation is 1. The van der Waals surface area contributed by atoms with Crippen LogP contribution in [0.3, 0.4) is 0 Å². The van der Waals surface area contributed by atoms with Gasteiger partial charge in [-0.3, -0.25) is 4.79 Å². The standard InChI is InChI=1S/C15H16N2O3/c1-10-16-7-6-14(17-10)13(15(18)19)9-11-4-3-5-12(8-11)20-2/h3-8,13H,9H2,1-2H3,(H,18,19). The van der Waals surface area contributed by atoms with E-state index in [1.807, 2.05) is 24.3 Å². The number of carboxylic acids is 1. The lowest BCUT2D eigenvalue weighted by Gasteiger charge is -2.13. The zero-order valence-electron chi connectivity index (χ0n) is 11.4. The summed E-state index contributed by atoms with van der Waals surface area (Å²) in [7, 11) is 1.58. The molecule has 0 aliphatic carbocycles. The van der Waals surface area contributed by atoms with Crippen molar-refractivity contribution in [3.63, 3.8) is 0 Å². The van der Waals surface area contributed by atoms with Crippen molar-refractivity contribution < 1.29 is 14.6 Å². The Morgan fingerprint density at radius 2 is 2.20 bits per heavy atom. The van der Waals surface area contributed by atoms with E-state index in [0.29, 0.717) is 23.7 Å². The fraction of sp³-hybridized carbons (Fsp3) is 0.267. The molecule has 104 valence electrons. The number of aromatic nitrogens is 2. The molecule has 1 N–H and O–H groups in total. The Balaban J connectivity index is 2.28. The SMILES string of the molecule is COc1cccc(CC(C(=O)O)c2ccnc(C)n2)c1. The highest BCUT2D eigenvalue weighted by atomic mass is 16.5. The molecule has 0 bridgehead atoms. The fourth-order valence-corrected chi connectivity index (χ4v) is 2.02. The zero-order chi connectivity index (χ0) is 14.5. The zero-order valence-corrected chi connectivity index (χ0v) is 11.4. The van der Waals surface area contributed by atoms with Crippen LogP contribution in [0.5, 0.6) is 5.75 Å². The van der Waals surface area contributed by atoms with Crippen molar-refractivity contribution >= 4 is 5.97 Å². The van der Waals surface area contributed by atoms with Crippen molar-refractivity contribution in [3.8, 4) is 5.75 Å². The maximum Gasteiger partial charge on any atom is 0.312 e. The van der Waals surface area contributed by atoms with Gasteiger partial charge < -0.3 is 9.84 Å². The van der Waals surface area contributed by atoms with E-state index < -0.39 is 11.9 Å². The first-order chi connectivity index (χ1) is 9.60. The van der Waals surface area contributed by atoms with E-state index in [4.69, 9.17) is 4.74 Å². The average Bonchev–Trinajstić information content (AvgIpc) is 2.44. The minimum Gasteiger partial charge on any atom is -0.497 e. The van der Waals surface area contributed by atoms with E-state index in [9.17, 15) is 9.90 Å². The first-order valence-corrected chi connectivity index (χ1v) is 6.25. The number of nitrogens with zero attached hydrogens (tertiary/aromatic N) is 2. The van der Waals surface area contributed by atoms with Crippen LogP contribution in [0.1, 0.15) is 23.0 Å². The highest BCUT2D eigenvalue weighted by Crippen LogP contribution is 2.22. The highest BCUT2D eigenvalue weighted by molar-refractivity contribution is 5.75. The number of carboxylic acid groups (broad SMARTS) is 1. The van der Waals surface area contributed by atoms with E-state index in [0.717, 1.165) is 5.56 Å². The molecule has 5 heteroatoms. The number of aliphatic carboxylic acids is 1. The summed E-state index contributed by atoms with van der Waals surface area (Å²) in [6.07, 6.45) is 1.95. The smallest absolute Gasteiger partial charge is 0.312 e. The van der Waals surface area contributed by atoms with Gasteiger partial charge >= 0.3 is 5.97 Å². The molecule has 0 saturated carbocycles. The predicted molar refractivity (Wildman–Crippen MR) is 73.8 cm³/mol. The van der Waals surface area contributed by atoms with Gasteiger partial charge in [0.05, 0.1) is 12.8 Å². The lowest BCUT2D eigenvalue weighted by atomic mass is 9.96. The molecular weight excluding hydrogens is 256 g/mol. The molecule has 20 heavy (non-hydrogen) atoms. The molecule has 2 rings (SSSR count). The third kappa shape index (κ3) is 3.32. The van der Waals surface area contributed by atoms with Gasteiger partial charge in [0.15, 0.2) is 0 Å². The number of hydrogen-bond acceptors (Lipinski definition) is 4. The first-order valence-electron chi connectivity index (χ1n) is 6.25. The second-order valence-electron chi connectivity index (χ2n) is 4.48. The van der Waals surface area contributed by atoms with E-state index in [1.54, 1.807) is 26.3 Å². The van der Waals surface area contributed by atoms with Gasteiger partial charge in [0.1, 0.15) is 17.5 Å². The topological polar surface area (TPSA) is 72.3 Å². The summed E-state index contributed by atoms with van der Waals surface area (Å²) in [5.74, 6) is -0.306. The van der Waals surface area contributed by atoms with Crippen LogP contribution in [0.15, 0.2) is 36.5 Å². The van der Waals surface area contributed by atoms with E-state index in [1.165, 1.54) is 0 Å². The molecule has 0 amide bonds. The molecule has 1 aromatic carbocycles. The largest absolute Gasteiger partial charge is 0.497 e. The molecule has 2 aromatic rings. The maximum absolute atomic E-state index is 11.5. The van der Waals surface area contributed by atoms with Gasteiger partial charge in [-0.05, 0) is 37.1 Å². The summed E-state index contributed by atoms with van der Waals surface area (Å²) in [6.45, 7) is 1.74. The van der Waals surface area contributed by atoms with Gasteiger partial charge in [-0.15, -0.1) is 0 Å².